The second-order valence-corrected chi connectivity index (χ2v) is 4.39. The van der Waals surface area contributed by atoms with Crippen molar-refractivity contribution in [2.24, 2.45) is 0 Å². The van der Waals surface area contributed by atoms with E-state index in [1.165, 1.54) is 12.5 Å². The Balaban J connectivity index is 2.07. The number of fused-ring (bicyclic) bond motifs is 1. The van der Waals surface area contributed by atoms with Gasteiger partial charge in [0.2, 0.25) is 11.4 Å². The number of anilines is 1. The van der Waals surface area contributed by atoms with Gasteiger partial charge < -0.3 is 4.98 Å². The van der Waals surface area contributed by atoms with Crippen molar-refractivity contribution >= 4 is 34.4 Å². The molecule has 0 unspecified atom stereocenters. The van der Waals surface area contributed by atoms with Gasteiger partial charge in [-0.1, -0.05) is 17.7 Å². The molecule has 7 nitrogen and oxygen atoms in total. The molecular formula is C12H8ClN5O2. The highest BCUT2D eigenvalue weighted by atomic mass is 35.5. The van der Waals surface area contributed by atoms with E-state index in [1.54, 1.807) is 18.2 Å². The third-order valence-corrected chi connectivity index (χ3v) is 3.07. The highest BCUT2D eigenvalue weighted by Gasteiger charge is 2.14. The molecule has 0 atom stereocenters. The number of hydrogen-bond acceptors (Lipinski definition) is 4. The van der Waals surface area contributed by atoms with Crippen molar-refractivity contribution in [2.45, 2.75) is 0 Å². The minimum Gasteiger partial charge on any atom is -0.359 e. The summed E-state index contributed by atoms with van der Waals surface area (Å²) < 4.78 is 0. The number of pyridine rings is 1. The number of H-pyrrole nitrogens is 2. The number of nitrogens with zero attached hydrogens (tertiary/aromatic N) is 2. The normalized spacial score (nSPS) is 10.7. The number of carbonyl (C=O) groups is 1. The van der Waals surface area contributed by atoms with Gasteiger partial charge in [-0.2, -0.15) is 10.1 Å². The number of hydrogen-bond donors (Lipinski definition) is 3. The van der Waals surface area contributed by atoms with Gasteiger partial charge in [0.15, 0.2) is 0 Å². The van der Waals surface area contributed by atoms with Crippen LogP contribution in [0, 0.1) is 0 Å². The van der Waals surface area contributed by atoms with Gasteiger partial charge in [-0.05, 0) is 12.1 Å². The molecule has 0 radical (unpaired) electrons. The van der Waals surface area contributed by atoms with Crippen LogP contribution in [0.5, 0.6) is 0 Å². The zero-order valence-electron chi connectivity index (χ0n) is 9.98. The van der Waals surface area contributed by atoms with Crippen LogP contribution in [0.25, 0.3) is 10.9 Å². The molecule has 0 bridgehead atoms. The van der Waals surface area contributed by atoms with Gasteiger partial charge >= 0.3 is 0 Å². The molecule has 2 aromatic heterocycles. The first-order valence-electron chi connectivity index (χ1n) is 5.63. The predicted molar refractivity (Wildman–Crippen MR) is 73.9 cm³/mol. The van der Waals surface area contributed by atoms with E-state index in [9.17, 15) is 9.59 Å². The fourth-order valence-corrected chi connectivity index (χ4v) is 2.05. The molecule has 3 N–H and O–H groups in total. The Kier molecular flexibility index (Phi) is 2.96. The molecule has 2 heterocycles. The number of amides is 1. The van der Waals surface area contributed by atoms with Gasteiger partial charge in [-0.3, -0.25) is 14.9 Å². The van der Waals surface area contributed by atoms with Crippen LogP contribution in [0.2, 0.25) is 5.02 Å². The lowest BCUT2D eigenvalue weighted by molar-refractivity contribution is 0.102. The standard InChI is InChI=1S/C12H8ClN5O2/c13-8-3-1-2-6-9(8)14-4-7(10(6)19)11(20)17-12-15-5-16-18-12/h1-5H,(H,14,19)(H2,15,16,17,18,20). The van der Waals surface area contributed by atoms with E-state index >= 15 is 0 Å². The highest BCUT2D eigenvalue weighted by molar-refractivity contribution is 6.35. The molecule has 0 saturated heterocycles. The number of aromatic amines is 2. The van der Waals surface area contributed by atoms with Crippen LogP contribution in [-0.4, -0.2) is 26.1 Å². The molecule has 8 heteroatoms. The number of nitrogens with one attached hydrogen (secondary N) is 3. The molecule has 100 valence electrons. The second kappa shape index (κ2) is 4.78. The Morgan fingerprint density at radius 3 is 2.95 bits per heavy atom. The van der Waals surface area contributed by atoms with E-state index in [-0.39, 0.29) is 11.5 Å². The lowest BCUT2D eigenvalue weighted by Gasteiger charge is -2.04. The number of aromatic nitrogens is 4. The summed E-state index contributed by atoms with van der Waals surface area (Å²) in [6.07, 6.45) is 2.57. The van der Waals surface area contributed by atoms with Crippen molar-refractivity contribution in [3.63, 3.8) is 0 Å². The first-order valence-corrected chi connectivity index (χ1v) is 6.01. The van der Waals surface area contributed by atoms with Crippen molar-refractivity contribution < 1.29 is 4.79 Å². The van der Waals surface area contributed by atoms with Crippen molar-refractivity contribution in [3.05, 3.63) is 51.5 Å². The first kappa shape index (κ1) is 12.4. The van der Waals surface area contributed by atoms with Crippen molar-refractivity contribution in [1.29, 1.82) is 0 Å². The summed E-state index contributed by atoms with van der Waals surface area (Å²) in [5.41, 5.74) is 0.0600. The van der Waals surface area contributed by atoms with Gasteiger partial charge in [-0.15, -0.1) is 0 Å². The fraction of sp³-hybridized carbons (Fsp3) is 0. The van der Waals surface area contributed by atoms with E-state index < -0.39 is 11.3 Å². The zero-order chi connectivity index (χ0) is 14.1. The smallest absolute Gasteiger partial charge is 0.263 e. The average Bonchev–Trinajstić information content (AvgIpc) is 2.93. The maximum absolute atomic E-state index is 12.3. The second-order valence-electron chi connectivity index (χ2n) is 3.98. The lowest BCUT2D eigenvalue weighted by atomic mass is 10.1. The molecule has 0 spiro atoms. The molecule has 3 aromatic rings. The number of rotatable bonds is 2. The Hall–Kier alpha value is -2.67. The van der Waals surface area contributed by atoms with Crippen LogP contribution < -0.4 is 10.7 Å². The van der Waals surface area contributed by atoms with Gasteiger partial charge in [0.05, 0.1) is 10.5 Å². The summed E-state index contributed by atoms with van der Waals surface area (Å²) in [5, 5.41) is 9.28. The van der Waals surface area contributed by atoms with Crippen LogP contribution in [0.4, 0.5) is 5.95 Å². The Bertz CT molecular complexity index is 841. The monoisotopic (exact) mass is 289 g/mol. The van der Waals surface area contributed by atoms with Crippen LogP contribution in [0.1, 0.15) is 10.4 Å². The molecule has 20 heavy (non-hydrogen) atoms. The molecule has 0 saturated carbocycles. The topological polar surface area (TPSA) is 104 Å². The van der Waals surface area contributed by atoms with E-state index in [2.05, 4.69) is 25.5 Å². The minimum atomic E-state index is -0.579. The minimum absolute atomic E-state index is 0.0313. The SMILES string of the molecule is O=C(Nc1ncn[nH]1)c1c[nH]c2c(Cl)cccc2c1=O. The molecule has 0 aliphatic heterocycles. The zero-order valence-corrected chi connectivity index (χ0v) is 10.7. The average molecular weight is 290 g/mol. The number of benzene rings is 1. The molecule has 3 rings (SSSR count). The van der Waals surface area contributed by atoms with Crippen LogP contribution in [0.3, 0.4) is 0 Å². The largest absolute Gasteiger partial charge is 0.359 e. The molecule has 0 aliphatic carbocycles. The quantitative estimate of drug-likeness (QED) is 0.666. The third-order valence-electron chi connectivity index (χ3n) is 2.76. The van der Waals surface area contributed by atoms with E-state index in [0.29, 0.717) is 15.9 Å². The van der Waals surface area contributed by atoms with E-state index in [4.69, 9.17) is 11.6 Å². The molecule has 0 fully saturated rings. The summed E-state index contributed by atoms with van der Waals surface area (Å²) in [6.45, 7) is 0. The summed E-state index contributed by atoms with van der Waals surface area (Å²) in [6, 6.07) is 4.91. The highest BCUT2D eigenvalue weighted by Crippen LogP contribution is 2.18. The van der Waals surface area contributed by atoms with E-state index in [1.807, 2.05) is 0 Å². The lowest BCUT2D eigenvalue weighted by Crippen LogP contribution is -2.22. The fourth-order valence-electron chi connectivity index (χ4n) is 1.82. The Morgan fingerprint density at radius 1 is 1.35 bits per heavy atom. The predicted octanol–water partition coefficient (Wildman–Crippen LogP) is 1.55. The maximum Gasteiger partial charge on any atom is 0.263 e. The van der Waals surface area contributed by atoms with Crippen LogP contribution in [0.15, 0.2) is 35.5 Å². The van der Waals surface area contributed by atoms with Gasteiger partial charge in [0, 0.05) is 11.6 Å². The van der Waals surface area contributed by atoms with Crippen molar-refractivity contribution in [3.8, 4) is 0 Å². The number of para-hydroxylation sites is 1. The summed E-state index contributed by atoms with van der Waals surface area (Å²) in [4.78, 5) is 30.9. The molecule has 0 aliphatic rings. The number of halogens is 1. The third kappa shape index (κ3) is 2.04. The molecule has 1 aromatic carbocycles. The number of carbonyl (C=O) groups excluding carboxylic acids is 1. The van der Waals surface area contributed by atoms with Gasteiger partial charge in [0.1, 0.15) is 11.9 Å². The summed E-state index contributed by atoms with van der Waals surface area (Å²) >= 11 is 5.98. The maximum atomic E-state index is 12.3. The van der Waals surface area contributed by atoms with Gasteiger partial charge in [-0.25, -0.2) is 5.10 Å². The van der Waals surface area contributed by atoms with Gasteiger partial charge in [0.25, 0.3) is 5.91 Å². The van der Waals surface area contributed by atoms with Crippen LogP contribution >= 0.6 is 11.6 Å². The van der Waals surface area contributed by atoms with Crippen molar-refractivity contribution in [1.82, 2.24) is 20.2 Å². The molecular weight excluding hydrogens is 282 g/mol. The first-order chi connectivity index (χ1) is 9.66. The van der Waals surface area contributed by atoms with Crippen LogP contribution in [-0.2, 0) is 0 Å². The summed E-state index contributed by atoms with van der Waals surface area (Å²) in [5.74, 6) is -0.412. The summed E-state index contributed by atoms with van der Waals surface area (Å²) in [7, 11) is 0. The Labute approximate surface area is 117 Å². The van der Waals surface area contributed by atoms with E-state index in [0.717, 1.165) is 0 Å². The van der Waals surface area contributed by atoms with Crippen molar-refractivity contribution in [2.75, 3.05) is 5.32 Å². The Morgan fingerprint density at radius 2 is 2.20 bits per heavy atom. The molecule has 1 amide bonds.